The third kappa shape index (κ3) is 5.14. The maximum Gasteiger partial charge on any atom is 0.271 e. The Morgan fingerprint density at radius 2 is 1.86 bits per heavy atom. The lowest BCUT2D eigenvalue weighted by Crippen LogP contribution is -2.25. The van der Waals surface area contributed by atoms with Crippen LogP contribution in [0.4, 0.5) is 5.69 Å². The van der Waals surface area contributed by atoms with Crippen LogP contribution in [0.5, 0.6) is 11.6 Å². The molecule has 1 aliphatic carbocycles. The Labute approximate surface area is 180 Å². The van der Waals surface area contributed by atoms with E-state index < -0.39 is 10.0 Å². The number of ether oxygens (including phenoxy) is 1. The molecule has 1 fully saturated rings. The van der Waals surface area contributed by atoms with Crippen LogP contribution in [0, 0.1) is 0 Å². The summed E-state index contributed by atoms with van der Waals surface area (Å²) in [7, 11) is -3.66. The first kappa shape index (κ1) is 19.9. The van der Waals surface area contributed by atoms with E-state index >= 15 is 0 Å². The van der Waals surface area contributed by atoms with Crippen molar-refractivity contribution in [2.45, 2.75) is 23.1 Å². The molecule has 0 aliphatic heterocycles. The van der Waals surface area contributed by atoms with Crippen molar-refractivity contribution >= 4 is 48.9 Å². The van der Waals surface area contributed by atoms with Gasteiger partial charge in [0.2, 0.25) is 5.88 Å². The Bertz CT molecular complexity index is 1130. The average Bonchev–Trinajstić information content (AvgIpc) is 3.40. The first-order valence-electron chi connectivity index (χ1n) is 8.72. The molecule has 10 heteroatoms. The highest BCUT2D eigenvalue weighted by Crippen LogP contribution is 2.28. The fraction of sp³-hybridized carbons (Fsp3) is 0.158. The van der Waals surface area contributed by atoms with Gasteiger partial charge in [-0.2, -0.15) is 0 Å². The fourth-order valence-corrected chi connectivity index (χ4v) is 5.49. The Hall–Kier alpha value is -2.43. The predicted molar refractivity (Wildman–Crippen MR) is 114 cm³/mol. The number of hydrogen-bond donors (Lipinski definition) is 2. The number of halogens is 1. The number of hydrogen-bond acceptors (Lipinski definition) is 6. The molecule has 3 aromatic rings. The van der Waals surface area contributed by atoms with E-state index in [0.29, 0.717) is 28.9 Å². The second-order valence-corrected chi connectivity index (χ2v) is 10.8. The Kier molecular flexibility index (Phi) is 5.57. The lowest BCUT2D eigenvalue weighted by molar-refractivity contribution is 0.0951. The molecule has 4 rings (SSSR count). The van der Waals surface area contributed by atoms with Crippen molar-refractivity contribution in [2.24, 2.45) is 0 Å². The molecule has 0 spiro atoms. The topological polar surface area (TPSA) is 97.4 Å². The van der Waals surface area contributed by atoms with E-state index in [-0.39, 0.29) is 10.1 Å². The zero-order chi connectivity index (χ0) is 20.4. The highest BCUT2D eigenvalue weighted by atomic mass is 79.9. The van der Waals surface area contributed by atoms with Gasteiger partial charge in [-0.05, 0) is 71.2 Å². The van der Waals surface area contributed by atoms with E-state index in [1.54, 1.807) is 42.5 Å². The minimum Gasteiger partial charge on any atom is -0.439 e. The molecule has 1 aliphatic rings. The van der Waals surface area contributed by atoms with Crippen molar-refractivity contribution in [1.82, 2.24) is 10.3 Å². The summed E-state index contributed by atoms with van der Waals surface area (Å²) in [5, 5.41) is 2.93. The zero-order valence-corrected chi connectivity index (χ0v) is 18.2. The van der Waals surface area contributed by atoms with Crippen LogP contribution >= 0.6 is 27.3 Å². The van der Waals surface area contributed by atoms with Crippen LogP contribution in [0.3, 0.4) is 0 Å². The Balaban J connectivity index is 1.38. The van der Waals surface area contributed by atoms with Crippen LogP contribution in [0.2, 0.25) is 0 Å². The molecular formula is C19H16BrN3O4S2. The molecule has 2 aromatic heterocycles. The van der Waals surface area contributed by atoms with Crippen molar-refractivity contribution in [3.05, 3.63) is 64.1 Å². The standard InChI is InChI=1S/C19H16BrN3O4S2/c20-16-8-10-18(28-16)29(25,26)23-14-5-9-17(21-11-14)27-15-6-1-12(2-7-15)19(24)22-13-3-4-13/h1-2,5-11,13,23H,3-4H2,(H,22,24). The summed E-state index contributed by atoms with van der Waals surface area (Å²) in [6, 6.07) is 13.4. The summed E-state index contributed by atoms with van der Waals surface area (Å²) in [5.74, 6) is 0.741. The van der Waals surface area contributed by atoms with E-state index in [4.69, 9.17) is 4.74 Å². The van der Waals surface area contributed by atoms with Gasteiger partial charge in [0.25, 0.3) is 15.9 Å². The van der Waals surface area contributed by atoms with Gasteiger partial charge in [-0.3, -0.25) is 9.52 Å². The molecule has 2 heterocycles. The quantitative estimate of drug-likeness (QED) is 0.508. The molecule has 150 valence electrons. The number of carbonyl (C=O) groups excluding carboxylic acids is 1. The number of aromatic nitrogens is 1. The summed E-state index contributed by atoms with van der Waals surface area (Å²) < 4.78 is 33.7. The molecule has 2 N–H and O–H groups in total. The highest BCUT2D eigenvalue weighted by Gasteiger charge is 2.23. The normalized spacial score (nSPS) is 13.7. The van der Waals surface area contributed by atoms with Crippen molar-refractivity contribution in [3.63, 3.8) is 0 Å². The smallest absolute Gasteiger partial charge is 0.271 e. The van der Waals surface area contributed by atoms with Gasteiger partial charge in [0, 0.05) is 17.7 Å². The second-order valence-electron chi connectivity index (χ2n) is 6.42. The molecule has 0 bridgehead atoms. The van der Waals surface area contributed by atoms with Gasteiger partial charge in [-0.1, -0.05) is 0 Å². The molecule has 29 heavy (non-hydrogen) atoms. The van der Waals surface area contributed by atoms with Gasteiger partial charge in [0.1, 0.15) is 9.96 Å². The lowest BCUT2D eigenvalue weighted by atomic mass is 10.2. The van der Waals surface area contributed by atoms with Crippen molar-refractivity contribution < 1.29 is 17.9 Å². The third-order valence-electron chi connectivity index (χ3n) is 4.05. The monoisotopic (exact) mass is 493 g/mol. The largest absolute Gasteiger partial charge is 0.439 e. The van der Waals surface area contributed by atoms with E-state index in [1.165, 1.54) is 12.3 Å². The predicted octanol–water partition coefficient (Wildman–Crippen LogP) is 4.39. The van der Waals surface area contributed by atoms with Gasteiger partial charge in [0.05, 0.1) is 15.7 Å². The Morgan fingerprint density at radius 3 is 2.45 bits per heavy atom. The summed E-state index contributed by atoms with van der Waals surface area (Å²) in [6.07, 6.45) is 3.46. The van der Waals surface area contributed by atoms with Crippen LogP contribution < -0.4 is 14.8 Å². The number of amides is 1. The number of nitrogens with one attached hydrogen (secondary N) is 2. The molecule has 0 saturated heterocycles. The number of nitrogens with zero attached hydrogens (tertiary/aromatic N) is 1. The molecule has 0 radical (unpaired) electrons. The van der Waals surface area contributed by atoms with Crippen molar-refractivity contribution in [3.8, 4) is 11.6 Å². The highest BCUT2D eigenvalue weighted by molar-refractivity contribution is 9.11. The molecule has 7 nitrogen and oxygen atoms in total. The van der Waals surface area contributed by atoms with Gasteiger partial charge in [-0.15, -0.1) is 11.3 Å². The lowest BCUT2D eigenvalue weighted by Gasteiger charge is -2.08. The van der Waals surface area contributed by atoms with Crippen molar-refractivity contribution in [1.29, 1.82) is 0 Å². The maximum atomic E-state index is 12.3. The number of anilines is 1. The van der Waals surface area contributed by atoms with E-state index in [9.17, 15) is 13.2 Å². The maximum absolute atomic E-state index is 12.3. The van der Waals surface area contributed by atoms with Gasteiger partial charge >= 0.3 is 0 Å². The SMILES string of the molecule is O=C(NC1CC1)c1ccc(Oc2ccc(NS(=O)(=O)c3ccc(Br)s3)cn2)cc1. The van der Waals surface area contributed by atoms with E-state index in [2.05, 4.69) is 31.0 Å². The average molecular weight is 494 g/mol. The number of thiophene rings is 1. The first-order valence-corrected chi connectivity index (χ1v) is 11.8. The molecule has 1 aromatic carbocycles. The minimum absolute atomic E-state index is 0.0911. The number of carbonyl (C=O) groups is 1. The molecule has 1 amide bonds. The molecule has 1 saturated carbocycles. The number of rotatable bonds is 7. The zero-order valence-electron chi connectivity index (χ0n) is 15.0. The summed E-state index contributed by atoms with van der Waals surface area (Å²) in [6.45, 7) is 0. The van der Waals surface area contributed by atoms with Crippen LogP contribution in [0.1, 0.15) is 23.2 Å². The molecular weight excluding hydrogens is 478 g/mol. The second kappa shape index (κ2) is 8.13. The first-order chi connectivity index (χ1) is 13.9. The van der Waals surface area contributed by atoms with Gasteiger partial charge < -0.3 is 10.1 Å². The number of benzene rings is 1. The minimum atomic E-state index is -3.66. The molecule has 0 atom stereocenters. The summed E-state index contributed by atoms with van der Waals surface area (Å²) >= 11 is 4.37. The van der Waals surface area contributed by atoms with E-state index in [0.717, 1.165) is 28.0 Å². The van der Waals surface area contributed by atoms with E-state index in [1.807, 2.05) is 0 Å². The number of sulfonamides is 1. The Morgan fingerprint density at radius 1 is 1.10 bits per heavy atom. The van der Waals surface area contributed by atoms with Gasteiger partial charge in [-0.25, -0.2) is 13.4 Å². The van der Waals surface area contributed by atoms with Crippen LogP contribution in [-0.2, 0) is 10.0 Å². The summed E-state index contributed by atoms with van der Waals surface area (Å²) in [5.41, 5.74) is 0.899. The third-order valence-corrected chi connectivity index (χ3v) is 7.55. The molecule has 0 unspecified atom stereocenters. The summed E-state index contributed by atoms with van der Waals surface area (Å²) in [4.78, 5) is 16.1. The van der Waals surface area contributed by atoms with Crippen LogP contribution in [0.25, 0.3) is 0 Å². The van der Waals surface area contributed by atoms with Gasteiger partial charge in [0.15, 0.2) is 0 Å². The van der Waals surface area contributed by atoms with Crippen LogP contribution in [-0.4, -0.2) is 25.4 Å². The van der Waals surface area contributed by atoms with Crippen LogP contribution in [0.15, 0.2) is 62.7 Å². The van der Waals surface area contributed by atoms with Crippen molar-refractivity contribution in [2.75, 3.05) is 4.72 Å². The fourth-order valence-electron chi connectivity index (χ4n) is 2.44. The number of pyridine rings is 1.